The summed E-state index contributed by atoms with van der Waals surface area (Å²) in [7, 11) is 3.72. The molecule has 0 saturated carbocycles. The Morgan fingerprint density at radius 2 is 1.40 bits per heavy atom. The van der Waals surface area contributed by atoms with E-state index in [1.165, 1.54) is 15.8 Å². The number of nitrogens with zero attached hydrogens (tertiary/aromatic N) is 1. The van der Waals surface area contributed by atoms with E-state index in [2.05, 4.69) is 78.4 Å². The van der Waals surface area contributed by atoms with Crippen molar-refractivity contribution in [3.05, 3.63) is 60.7 Å². The molecule has 0 heterocycles. The van der Waals surface area contributed by atoms with Crippen LogP contribution >= 0.6 is 33.3 Å². The van der Waals surface area contributed by atoms with Gasteiger partial charge in [0.2, 0.25) is 11.4 Å². The van der Waals surface area contributed by atoms with Gasteiger partial charge in [-0.1, -0.05) is 65.9 Å². The number of hydrogen-bond acceptors (Lipinski definition) is 3. The largest absolute Gasteiger partial charge is 0.292 e. The van der Waals surface area contributed by atoms with Crippen LogP contribution in [0.3, 0.4) is 0 Å². The van der Waals surface area contributed by atoms with E-state index in [-0.39, 0.29) is 0 Å². The zero-order valence-corrected chi connectivity index (χ0v) is 14.1. The highest BCUT2D eigenvalue weighted by atomic mass is 33.1. The first kappa shape index (κ1) is 15.5. The van der Waals surface area contributed by atoms with Gasteiger partial charge in [0.1, 0.15) is 0 Å². The van der Waals surface area contributed by atoms with Gasteiger partial charge in [0.25, 0.3) is 4.38 Å². The molecule has 0 N–H and O–H groups in total. The monoisotopic (exact) mass is 320 g/mol. The maximum absolute atomic E-state index is 2.32. The van der Waals surface area contributed by atoms with Gasteiger partial charge in [0, 0.05) is 40.8 Å². The molecule has 2 rings (SSSR count). The second kappa shape index (κ2) is 8.45. The van der Waals surface area contributed by atoms with E-state index in [0.717, 1.165) is 5.75 Å². The maximum atomic E-state index is 2.32. The summed E-state index contributed by atoms with van der Waals surface area (Å²) in [6.45, 7) is 2.19. The predicted molar refractivity (Wildman–Crippen MR) is 98.6 cm³/mol. The van der Waals surface area contributed by atoms with E-state index in [0.29, 0.717) is 0 Å². The molecule has 0 spiro atoms. The van der Waals surface area contributed by atoms with Gasteiger partial charge < -0.3 is 0 Å². The zero-order chi connectivity index (χ0) is 14.2. The van der Waals surface area contributed by atoms with Gasteiger partial charge in [0.05, 0.1) is 0 Å². The van der Waals surface area contributed by atoms with Gasteiger partial charge in [-0.2, -0.15) is 0 Å². The van der Waals surface area contributed by atoms with Crippen LogP contribution < -0.4 is 4.58 Å². The maximum Gasteiger partial charge on any atom is 0.292 e. The molecule has 0 fully saturated rings. The molecule has 2 aromatic rings. The Balaban J connectivity index is 2.51. The third kappa shape index (κ3) is 4.08. The van der Waals surface area contributed by atoms with Crippen LogP contribution in [-0.2, 0) is 0 Å². The molecule has 0 saturated heterocycles. The molecule has 2 aromatic carbocycles. The smallest absolute Gasteiger partial charge is 0.142 e. The lowest BCUT2D eigenvalue weighted by Crippen LogP contribution is -2.10. The van der Waals surface area contributed by atoms with E-state index in [4.69, 9.17) is 0 Å². The van der Waals surface area contributed by atoms with Crippen molar-refractivity contribution in [1.29, 1.82) is 0 Å². The van der Waals surface area contributed by atoms with E-state index in [1.807, 2.05) is 21.6 Å². The highest BCUT2D eigenvalue weighted by Crippen LogP contribution is 2.32. The molecule has 0 radical (unpaired) electrons. The lowest BCUT2D eigenvalue weighted by Gasteiger charge is -2.06. The molecule has 0 aliphatic rings. The third-order valence-electron chi connectivity index (χ3n) is 2.63. The third-order valence-corrected chi connectivity index (χ3v) is 6.45. The van der Waals surface area contributed by atoms with Crippen molar-refractivity contribution in [2.24, 2.45) is 0 Å². The fourth-order valence-corrected chi connectivity index (χ4v) is 4.88. The molecule has 4 heteroatoms. The molecule has 104 valence electrons. The van der Waals surface area contributed by atoms with E-state index in [9.17, 15) is 0 Å². The normalized spacial score (nSPS) is 10.3. The van der Waals surface area contributed by atoms with Crippen LogP contribution in [0.1, 0.15) is 6.92 Å². The van der Waals surface area contributed by atoms with E-state index in [1.54, 1.807) is 11.8 Å². The molecular weight excluding hydrogens is 302 g/mol. The minimum absolute atomic E-state index is 1.10. The van der Waals surface area contributed by atoms with Gasteiger partial charge >= 0.3 is 0 Å². The molecule has 0 bridgehead atoms. The van der Waals surface area contributed by atoms with Crippen molar-refractivity contribution in [3.8, 4) is 0 Å². The van der Waals surface area contributed by atoms with Gasteiger partial charge in [0.15, 0.2) is 0 Å². The number of benzene rings is 2. The average Bonchev–Trinajstić information content (AvgIpc) is 2.53. The Morgan fingerprint density at radius 1 is 0.900 bits per heavy atom. The SMILES string of the molecule is CCSSC(SC)=[N+](c1ccccc1)c1ccccc1. The van der Waals surface area contributed by atoms with Crippen molar-refractivity contribution in [1.82, 2.24) is 4.58 Å². The zero-order valence-electron chi connectivity index (χ0n) is 11.7. The minimum atomic E-state index is 1.10. The molecule has 1 nitrogen and oxygen atoms in total. The lowest BCUT2D eigenvalue weighted by atomic mass is 10.2. The number of thioether (sulfide) groups is 1. The Bertz CT molecular complexity index is 511. The number of hydrogen-bond donors (Lipinski definition) is 0. The van der Waals surface area contributed by atoms with Crippen LogP contribution in [-0.4, -0.2) is 16.4 Å². The quantitative estimate of drug-likeness (QED) is 0.310. The van der Waals surface area contributed by atoms with Crippen molar-refractivity contribution in [2.75, 3.05) is 12.0 Å². The Labute approximate surface area is 133 Å². The molecular formula is C16H18NS3+. The van der Waals surface area contributed by atoms with Gasteiger partial charge in [-0.25, -0.2) is 0 Å². The average molecular weight is 321 g/mol. The Morgan fingerprint density at radius 3 is 1.80 bits per heavy atom. The predicted octanol–water partition coefficient (Wildman–Crippen LogP) is 5.64. The van der Waals surface area contributed by atoms with Crippen LogP contribution in [0.2, 0.25) is 0 Å². The highest BCUT2D eigenvalue weighted by molar-refractivity contribution is 8.86. The van der Waals surface area contributed by atoms with Crippen LogP contribution in [0.4, 0.5) is 11.4 Å². The van der Waals surface area contributed by atoms with Crippen molar-refractivity contribution < 1.29 is 0 Å². The fraction of sp³-hybridized carbons (Fsp3) is 0.188. The van der Waals surface area contributed by atoms with Gasteiger partial charge in [-0.3, -0.25) is 0 Å². The summed E-state index contributed by atoms with van der Waals surface area (Å²) >= 11 is 1.79. The van der Waals surface area contributed by atoms with Crippen molar-refractivity contribution >= 4 is 49.1 Å². The molecule has 20 heavy (non-hydrogen) atoms. The van der Waals surface area contributed by atoms with E-state index >= 15 is 0 Å². The summed E-state index contributed by atoms with van der Waals surface area (Å²) in [5, 5.41) is 0. The standard InChI is InChI=1S/C16H18NS3/c1-3-19-20-16(18-2)17(14-10-6-4-7-11-14)15-12-8-5-9-13-15/h4-13H,3H2,1-2H3/q+1. The topological polar surface area (TPSA) is 3.01 Å². The highest BCUT2D eigenvalue weighted by Gasteiger charge is 2.20. The summed E-state index contributed by atoms with van der Waals surface area (Å²) in [5.41, 5.74) is 2.40. The first-order valence-corrected chi connectivity index (χ1v) is 10.0. The first-order chi connectivity index (χ1) is 9.86. The van der Waals surface area contributed by atoms with Crippen LogP contribution in [0.25, 0.3) is 0 Å². The molecule has 0 aliphatic carbocycles. The Hall–Kier alpha value is -0.840. The van der Waals surface area contributed by atoms with Crippen LogP contribution in [0.15, 0.2) is 60.7 Å². The molecule has 0 atom stereocenters. The molecule has 0 amide bonds. The Kier molecular flexibility index (Phi) is 6.57. The summed E-state index contributed by atoms with van der Waals surface area (Å²) in [6.07, 6.45) is 2.14. The van der Waals surface area contributed by atoms with Crippen LogP contribution in [0.5, 0.6) is 0 Å². The van der Waals surface area contributed by atoms with Crippen molar-refractivity contribution in [2.45, 2.75) is 6.92 Å². The first-order valence-electron chi connectivity index (χ1n) is 6.47. The van der Waals surface area contributed by atoms with E-state index < -0.39 is 0 Å². The lowest BCUT2D eigenvalue weighted by molar-refractivity contribution is 1.10. The second-order valence-electron chi connectivity index (χ2n) is 3.97. The minimum Gasteiger partial charge on any atom is -0.142 e. The van der Waals surface area contributed by atoms with Gasteiger partial charge in [-0.05, 0) is 6.26 Å². The fourth-order valence-electron chi connectivity index (χ4n) is 1.79. The summed E-state index contributed by atoms with van der Waals surface area (Å²) in [5.74, 6) is 1.10. The number of rotatable bonds is 4. The second-order valence-corrected chi connectivity index (χ2v) is 7.59. The molecule has 0 aliphatic heterocycles. The summed E-state index contributed by atoms with van der Waals surface area (Å²) in [4.78, 5) is 0. The molecule has 0 unspecified atom stereocenters. The summed E-state index contributed by atoms with van der Waals surface area (Å²) in [6, 6.07) is 21.1. The van der Waals surface area contributed by atoms with Crippen LogP contribution in [0, 0.1) is 0 Å². The van der Waals surface area contributed by atoms with Crippen molar-refractivity contribution in [3.63, 3.8) is 0 Å². The molecule has 0 aromatic heterocycles. The number of para-hydroxylation sites is 2. The van der Waals surface area contributed by atoms with Gasteiger partial charge in [-0.15, -0.1) is 4.58 Å². The summed E-state index contributed by atoms with van der Waals surface area (Å²) < 4.78 is 3.60.